The Morgan fingerprint density at radius 1 is 1.07 bits per heavy atom. The molecule has 1 atom stereocenters. The largest absolute Gasteiger partial charge is 0.489 e. The maximum absolute atomic E-state index is 12.7. The highest BCUT2D eigenvalue weighted by molar-refractivity contribution is 6.32. The summed E-state index contributed by atoms with van der Waals surface area (Å²) in [6.07, 6.45) is -0.367. The van der Waals surface area contributed by atoms with Crippen molar-refractivity contribution in [3.63, 3.8) is 0 Å². The quantitative estimate of drug-likeness (QED) is 0.585. The fourth-order valence-electron chi connectivity index (χ4n) is 3.10. The summed E-state index contributed by atoms with van der Waals surface area (Å²) in [6, 6.07) is 7.52. The van der Waals surface area contributed by atoms with Gasteiger partial charge in [0.1, 0.15) is 5.75 Å². The zero-order valence-electron chi connectivity index (χ0n) is 16.0. The Kier molecular flexibility index (Phi) is 5.50. The van der Waals surface area contributed by atoms with Gasteiger partial charge in [-0.1, -0.05) is 11.6 Å². The van der Waals surface area contributed by atoms with Crippen LogP contribution in [0.1, 0.15) is 34.1 Å². The number of Topliss-reactive ketones (excluding diaryl/α,β-unsaturated/α-hetero) is 1. The van der Waals surface area contributed by atoms with Crippen molar-refractivity contribution in [1.82, 2.24) is 0 Å². The minimum atomic E-state index is -1.06. The van der Waals surface area contributed by atoms with Crippen LogP contribution in [0.5, 0.6) is 17.2 Å². The predicted octanol–water partition coefficient (Wildman–Crippen LogP) is 3.26. The van der Waals surface area contributed by atoms with Crippen molar-refractivity contribution in [3.05, 3.63) is 46.5 Å². The third-order valence-electron chi connectivity index (χ3n) is 4.59. The summed E-state index contributed by atoms with van der Waals surface area (Å²) in [4.78, 5) is 36.8. The number of halogens is 1. The minimum Gasteiger partial charge on any atom is -0.489 e. The van der Waals surface area contributed by atoms with E-state index in [0.717, 1.165) is 0 Å². The van der Waals surface area contributed by atoms with Gasteiger partial charge in [-0.05, 0) is 37.3 Å². The number of hydrogen-bond donors (Lipinski definition) is 1. The number of carbonyl (C=O) groups is 3. The zero-order valence-corrected chi connectivity index (χ0v) is 16.8. The molecule has 8 nitrogen and oxygen atoms in total. The van der Waals surface area contributed by atoms with Crippen molar-refractivity contribution in [2.75, 3.05) is 25.1 Å². The van der Waals surface area contributed by atoms with Crippen molar-refractivity contribution in [3.8, 4) is 17.2 Å². The Labute approximate surface area is 177 Å². The molecule has 4 rings (SSSR count). The summed E-state index contributed by atoms with van der Waals surface area (Å²) in [7, 11) is 0. The number of esters is 1. The maximum atomic E-state index is 12.7. The molecule has 30 heavy (non-hydrogen) atoms. The maximum Gasteiger partial charge on any atom is 0.339 e. The van der Waals surface area contributed by atoms with Gasteiger partial charge in [-0.2, -0.15) is 0 Å². The molecule has 0 fully saturated rings. The number of ether oxygens (including phenoxy) is 4. The number of fused-ring (bicyclic) bond motifs is 2. The molecule has 0 spiro atoms. The predicted molar refractivity (Wildman–Crippen MR) is 107 cm³/mol. The first-order valence-corrected chi connectivity index (χ1v) is 9.71. The molecule has 2 aromatic carbocycles. The number of carbonyl (C=O) groups excluding carboxylic acids is 3. The minimum absolute atomic E-state index is 0.0770. The molecule has 2 heterocycles. The number of anilines is 1. The molecule has 0 radical (unpaired) electrons. The third kappa shape index (κ3) is 4.04. The Morgan fingerprint density at radius 2 is 1.87 bits per heavy atom. The summed E-state index contributed by atoms with van der Waals surface area (Å²) in [5.74, 6) is -0.241. The molecule has 2 aliphatic rings. The first kappa shape index (κ1) is 20.0. The van der Waals surface area contributed by atoms with Crippen molar-refractivity contribution in [2.24, 2.45) is 0 Å². The van der Waals surface area contributed by atoms with Crippen LogP contribution < -0.4 is 19.5 Å². The lowest BCUT2D eigenvalue weighted by atomic mass is 10.1. The summed E-state index contributed by atoms with van der Waals surface area (Å²) in [6.45, 7) is 2.30. The molecule has 1 N–H and O–H groups in total. The fourth-order valence-corrected chi connectivity index (χ4v) is 3.37. The van der Waals surface area contributed by atoms with Crippen LogP contribution in [0.15, 0.2) is 30.3 Å². The van der Waals surface area contributed by atoms with Gasteiger partial charge in [-0.25, -0.2) is 4.79 Å². The highest BCUT2D eigenvalue weighted by Gasteiger charge is 2.25. The highest BCUT2D eigenvalue weighted by atomic mass is 35.5. The van der Waals surface area contributed by atoms with Crippen molar-refractivity contribution in [1.29, 1.82) is 0 Å². The molecule has 156 valence electrons. The standard InChI is InChI=1S/C21H18ClNO7/c1-11(19(25)12-3-4-16-15(8-12)23-18(24)10-29-16)30-21(26)13-7-14(22)20-17(9-13)27-5-2-6-28-20/h3-4,7-9,11H,2,5-6,10H2,1H3,(H,23,24). The highest BCUT2D eigenvalue weighted by Crippen LogP contribution is 2.38. The molecule has 0 saturated carbocycles. The van der Waals surface area contributed by atoms with E-state index < -0.39 is 17.9 Å². The second-order valence-corrected chi connectivity index (χ2v) is 7.20. The van der Waals surface area contributed by atoms with E-state index in [4.69, 9.17) is 30.5 Å². The van der Waals surface area contributed by atoms with Gasteiger partial charge >= 0.3 is 5.97 Å². The summed E-state index contributed by atoms with van der Waals surface area (Å²) in [5, 5.41) is 2.86. The van der Waals surface area contributed by atoms with Gasteiger partial charge in [-0.3, -0.25) is 9.59 Å². The Balaban J connectivity index is 1.49. The van der Waals surface area contributed by atoms with Gasteiger partial charge in [-0.15, -0.1) is 0 Å². The van der Waals surface area contributed by atoms with Crippen LogP contribution in [0, 0.1) is 0 Å². The van der Waals surface area contributed by atoms with Gasteiger partial charge in [0.05, 0.1) is 29.5 Å². The molecular weight excluding hydrogens is 414 g/mol. The Hall–Kier alpha value is -3.26. The number of benzene rings is 2. The van der Waals surface area contributed by atoms with Crippen LogP contribution in [0.25, 0.3) is 0 Å². The average molecular weight is 432 g/mol. The second kappa shape index (κ2) is 8.23. The van der Waals surface area contributed by atoms with E-state index in [1.54, 1.807) is 12.1 Å². The molecule has 0 saturated heterocycles. The Morgan fingerprint density at radius 3 is 2.70 bits per heavy atom. The van der Waals surface area contributed by atoms with Gasteiger partial charge in [0.25, 0.3) is 5.91 Å². The monoisotopic (exact) mass is 431 g/mol. The molecule has 0 bridgehead atoms. The van der Waals surface area contributed by atoms with Gasteiger partial charge in [0.2, 0.25) is 5.78 Å². The SMILES string of the molecule is CC(OC(=O)c1cc(Cl)c2c(c1)OCCCO2)C(=O)c1ccc2c(c1)NC(=O)CO2. The van der Waals surface area contributed by atoms with Crippen LogP contribution in [-0.2, 0) is 9.53 Å². The number of amides is 1. The zero-order chi connectivity index (χ0) is 21.3. The molecule has 2 aromatic rings. The smallest absolute Gasteiger partial charge is 0.339 e. The van der Waals surface area contributed by atoms with E-state index in [1.165, 1.54) is 25.1 Å². The lowest BCUT2D eigenvalue weighted by molar-refractivity contribution is -0.118. The van der Waals surface area contributed by atoms with E-state index >= 15 is 0 Å². The van der Waals surface area contributed by atoms with E-state index in [0.29, 0.717) is 42.6 Å². The van der Waals surface area contributed by atoms with E-state index in [-0.39, 0.29) is 28.7 Å². The van der Waals surface area contributed by atoms with Crippen molar-refractivity contribution in [2.45, 2.75) is 19.4 Å². The number of nitrogens with one attached hydrogen (secondary N) is 1. The first-order valence-electron chi connectivity index (χ1n) is 9.33. The lowest BCUT2D eigenvalue weighted by Crippen LogP contribution is -2.27. The number of rotatable bonds is 4. The fraction of sp³-hybridized carbons (Fsp3) is 0.286. The van der Waals surface area contributed by atoms with Gasteiger partial charge in [0, 0.05) is 12.0 Å². The molecular formula is C21H18ClNO7. The number of hydrogen-bond acceptors (Lipinski definition) is 7. The summed E-state index contributed by atoms with van der Waals surface area (Å²) >= 11 is 6.21. The lowest BCUT2D eigenvalue weighted by Gasteiger charge is -2.19. The van der Waals surface area contributed by atoms with Crippen molar-refractivity contribution >= 4 is 34.9 Å². The van der Waals surface area contributed by atoms with Crippen LogP contribution in [-0.4, -0.2) is 43.6 Å². The Bertz CT molecular complexity index is 1040. The molecule has 9 heteroatoms. The van der Waals surface area contributed by atoms with Crippen LogP contribution in [0.4, 0.5) is 5.69 Å². The molecule has 2 aliphatic heterocycles. The topological polar surface area (TPSA) is 100 Å². The average Bonchev–Trinajstić information content (AvgIpc) is 2.98. The molecule has 1 unspecified atom stereocenters. The number of ketones is 1. The van der Waals surface area contributed by atoms with E-state index in [9.17, 15) is 14.4 Å². The van der Waals surface area contributed by atoms with Crippen molar-refractivity contribution < 1.29 is 33.3 Å². The second-order valence-electron chi connectivity index (χ2n) is 6.80. The summed E-state index contributed by atoms with van der Waals surface area (Å²) < 4.78 is 21.7. The molecule has 0 aromatic heterocycles. The van der Waals surface area contributed by atoms with Gasteiger partial charge in [0.15, 0.2) is 24.2 Å². The van der Waals surface area contributed by atoms with E-state index in [2.05, 4.69) is 5.32 Å². The van der Waals surface area contributed by atoms with E-state index in [1.807, 2.05) is 0 Å². The summed E-state index contributed by atoms with van der Waals surface area (Å²) in [5.41, 5.74) is 0.817. The third-order valence-corrected chi connectivity index (χ3v) is 4.87. The van der Waals surface area contributed by atoms with Crippen LogP contribution >= 0.6 is 11.6 Å². The first-order chi connectivity index (χ1) is 14.4. The van der Waals surface area contributed by atoms with Crippen LogP contribution in [0.3, 0.4) is 0 Å². The van der Waals surface area contributed by atoms with Gasteiger partial charge < -0.3 is 24.3 Å². The molecule has 1 amide bonds. The molecule has 0 aliphatic carbocycles. The normalized spacial score (nSPS) is 15.7. The van der Waals surface area contributed by atoms with Crippen LogP contribution in [0.2, 0.25) is 5.02 Å².